The van der Waals surface area contributed by atoms with Gasteiger partial charge in [0.25, 0.3) is 0 Å². The van der Waals surface area contributed by atoms with Crippen molar-refractivity contribution in [3.8, 4) is 5.88 Å². The largest absolute Gasteiger partial charge is 0.475 e. The van der Waals surface area contributed by atoms with Crippen molar-refractivity contribution in [2.45, 2.75) is 39.4 Å². The van der Waals surface area contributed by atoms with Gasteiger partial charge in [0.1, 0.15) is 0 Å². The maximum Gasteiger partial charge on any atom is 0.213 e. The van der Waals surface area contributed by atoms with Gasteiger partial charge in [-0.05, 0) is 13.3 Å². The third-order valence-electron chi connectivity index (χ3n) is 2.10. The van der Waals surface area contributed by atoms with E-state index in [2.05, 4.69) is 11.9 Å². The van der Waals surface area contributed by atoms with Crippen LogP contribution in [0.5, 0.6) is 5.88 Å². The lowest BCUT2D eigenvalue weighted by Gasteiger charge is -2.13. The number of pyridine rings is 1. The standard InChI is InChI=1S/C11H16ClNO2/c1-3-4-8(2)15-11-5-9(7-14)10(12)6-13-11/h5-6,8,14H,3-4,7H2,1-2H3. The number of aliphatic hydroxyl groups excluding tert-OH is 1. The molecule has 0 saturated carbocycles. The van der Waals surface area contributed by atoms with E-state index in [9.17, 15) is 0 Å². The number of aliphatic hydroxyl groups is 1. The van der Waals surface area contributed by atoms with Gasteiger partial charge >= 0.3 is 0 Å². The summed E-state index contributed by atoms with van der Waals surface area (Å²) in [5.41, 5.74) is 0.644. The number of aromatic nitrogens is 1. The Bertz CT molecular complexity index is 317. The fourth-order valence-electron chi connectivity index (χ4n) is 1.32. The number of hydrogen-bond donors (Lipinski definition) is 1. The number of ether oxygens (including phenoxy) is 1. The van der Waals surface area contributed by atoms with E-state index in [1.807, 2.05) is 6.92 Å². The highest BCUT2D eigenvalue weighted by Gasteiger charge is 2.06. The topological polar surface area (TPSA) is 42.4 Å². The Morgan fingerprint density at radius 3 is 2.93 bits per heavy atom. The summed E-state index contributed by atoms with van der Waals surface area (Å²) >= 11 is 5.82. The highest BCUT2D eigenvalue weighted by atomic mass is 35.5. The summed E-state index contributed by atoms with van der Waals surface area (Å²) in [4.78, 5) is 4.04. The van der Waals surface area contributed by atoms with Crippen LogP contribution in [0.2, 0.25) is 5.02 Å². The molecule has 0 radical (unpaired) electrons. The molecular weight excluding hydrogens is 214 g/mol. The van der Waals surface area contributed by atoms with Crippen molar-refractivity contribution in [1.82, 2.24) is 4.98 Å². The number of nitrogens with zero attached hydrogens (tertiary/aromatic N) is 1. The highest BCUT2D eigenvalue weighted by molar-refractivity contribution is 6.31. The first kappa shape index (κ1) is 12.3. The average Bonchev–Trinajstić information content (AvgIpc) is 2.21. The lowest BCUT2D eigenvalue weighted by molar-refractivity contribution is 0.200. The predicted octanol–water partition coefficient (Wildman–Crippen LogP) is 2.79. The molecule has 0 amide bonds. The second-order valence-corrected chi connectivity index (χ2v) is 3.90. The SMILES string of the molecule is CCCC(C)Oc1cc(CO)c(Cl)cn1. The molecule has 0 aliphatic carbocycles. The summed E-state index contributed by atoms with van der Waals surface area (Å²) in [7, 11) is 0. The zero-order valence-electron chi connectivity index (χ0n) is 9.03. The normalized spacial score (nSPS) is 12.5. The quantitative estimate of drug-likeness (QED) is 0.844. The van der Waals surface area contributed by atoms with E-state index in [1.54, 1.807) is 6.07 Å². The van der Waals surface area contributed by atoms with Gasteiger partial charge in [-0.25, -0.2) is 4.98 Å². The van der Waals surface area contributed by atoms with Crippen LogP contribution in [0.15, 0.2) is 12.3 Å². The lowest BCUT2D eigenvalue weighted by atomic mass is 10.2. The molecule has 0 fully saturated rings. The van der Waals surface area contributed by atoms with Crippen LogP contribution in [0, 0.1) is 0 Å². The Labute approximate surface area is 95.1 Å². The minimum absolute atomic E-state index is 0.0973. The van der Waals surface area contributed by atoms with Crippen LogP contribution in [0.4, 0.5) is 0 Å². The van der Waals surface area contributed by atoms with Crippen LogP contribution in [0.3, 0.4) is 0 Å². The molecule has 3 nitrogen and oxygen atoms in total. The number of halogens is 1. The third-order valence-corrected chi connectivity index (χ3v) is 2.44. The van der Waals surface area contributed by atoms with Gasteiger partial charge < -0.3 is 9.84 Å². The minimum atomic E-state index is -0.0973. The Morgan fingerprint density at radius 1 is 1.60 bits per heavy atom. The van der Waals surface area contributed by atoms with E-state index in [-0.39, 0.29) is 12.7 Å². The van der Waals surface area contributed by atoms with Crippen molar-refractivity contribution < 1.29 is 9.84 Å². The fraction of sp³-hybridized carbons (Fsp3) is 0.545. The Kier molecular flexibility index (Phi) is 4.85. The minimum Gasteiger partial charge on any atom is -0.475 e. The maximum atomic E-state index is 9.01. The molecule has 0 aliphatic heterocycles. The summed E-state index contributed by atoms with van der Waals surface area (Å²) in [5, 5.41) is 9.48. The van der Waals surface area contributed by atoms with Crippen molar-refractivity contribution in [2.75, 3.05) is 0 Å². The molecule has 4 heteroatoms. The Balaban J connectivity index is 2.69. The van der Waals surface area contributed by atoms with E-state index < -0.39 is 0 Å². The second-order valence-electron chi connectivity index (χ2n) is 3.49. The van der Waals surface area contributed by atoms with Gasteiger partial charge in [0, 0.05) is 17.8 Å². The lowest BCUT2D eigenvalue weighted by Crippen LogP contribution is -2.12. The van der Waals surface area contributed by atoms with Gasteiger partial charge in [0.2, 0.25) is 5.88 Å². The summed E-state index contributed by atoms with van der Waals surface area (Å²) in [6.45, 7) is 4.01. The van der Waals surface area contributed by atoms with Crippen LogP contribution in [0.1, 0.15) is 32.3 Å². The Hall–Kier alpha value is -0.800. The first-order valence-electron chi connectivity index (χ1n) is 5.09. The van der Waals surface area contributed by atoms with E-state index in [4.69, 9.17) is 21.4 Å². The van der Waals surface area contributed by atoms with Crippen molar-refractivity contribution in [3.63, 3.8) is 0 Å². The van der Waals surface area contributed by atoms with Gasteiger partial charge in [-0.3, -0.25) is 0 Å². The van der Waals surface area contributed by atoms with Crippen molar-refractivity contribution in [3.05, 3.63) is 22.8 Å². The molecule has 0 spiro atoms. The zero-order valence-corrected chi connectivity index (χ0v) is 9.79. The molecule has 1 heterocycles. The average molecular weight is 230 g/mol. The molecular formula is C11H16ClNO2. The summed E-state index contributed by atoms with van der Waals surface area (Å²) < 4.78 is 5.57. The second kappa shape index (κ2) is 5.93. The molecule has 84 valence electrons. The van der Waals surface area contributed by atoms with E-state index in [0.29, 0.717) is 16.5 Å². The molecule has 1 aromatic heterocycles. The summed E-state index contributed by atoms with van der Waals surface area (Å²) in [6.07, 6.45) is 3.69. The highest BCUT2D eigenvalue weighted by Crippen LogP contribution is 2.20. The predicted molar refractivity (Wildman–Crippen MR) is 60.2 cm³/mol. The Morgan fingerprint density at radius 2 is 2.33 bits per heavy atom. The first-order chi connectivity index (χ1) is 7.17. The molecule has 15 heavy (non-hydrogen) atoms. The molecule has 0 aromatic carbocycles. The van der Waals surface area contributed by atoms with Crippen LogP contribution in [0.25, 0.3) is 0 Å². The summed E-state index contributed by atoms with van der Waals surface area (Å²) in [5.74, 6) is 0.518. The van der Waals surface area contributed by atoms with Crippen molar-refractivity contribution in [1.29, 1.82) is 0 Å². The molecule has 1 atom stereocenters. The van der Waals surface area contributed by atoms with Gasteiger partial charge in [-0.15, -0.1) is 0 Å². The smallest absolute Gasteiger partial charge is 0.213 e. The van der Waals surface area contributed by atoms with E-state index in [0.717, 1.165) is 12.8 Å². The number of rotatable bonds is 5. The summed E-state index contributed by atoms with van der Waals surface area (Å²) in [6, 6.07) is 1.68. The van der Waals surface area contributed by atoms with Crippen molar-refractivity contribution >= 4 is 11.6 Å². The van der Waals surface area contributed by atoms with Crippen LogP contribution < -0.4 is 4.74 Å². The molecule has 1 aromatic rings. The molecule has 1 rings (SSSR count). The van der Waals surface area contributed by atoms with Crippen molar-refractivity contribution in [2.24, 2.45) is 0 Å². The molecule has 0 saturated heterocycles. The monoisotopic (exact) mass is 229 g/mol. The van der Waals surface area contributed by atoms with Crippen LogP contribution >= 0.6 is 11.6 Å². The van der Waals surface area contributed by atoms with Gasteiger partial charge in [-0.1, -0.05) is 24.9 Å². The van der Waals surface area contributed by atoms with Crippen LogP contribution in [-0.4, -0.2) is 16.2 Å². The fourth-order valence-corrected chi connectivity index (χ4v) is 1.48. The third kappa shape index (κ3) is 3.68. The maximum absolute atomic E-state index is 9.01. The molecule has 0 aliphatic rings. The molecule has 1 unspecified atom stereocenters. The first-order valence-corrected chi connectivity index (χ1v) is 5.47. The van der Waals surface area contributed by atoms with Gasteiger partial charge in [0.15, 0.2) is 0 Å². The van der Waals surface area contributed by atoms with Gasteiger partial charge in [0.05, 0.1) is 17.7 Å². The van der Waals surface area contributed by atoms with E-state index >= 15 is 0 Å². The van der Waals surface area contributed by atoms with E-state index in [1.165, 1.54) is 6.20 Å². The zero-order chi connectivity index (χ0) is 11.3. The number of hydrogen-bond acceptors (Lipinski definition) is 3. The molecule has 0 bridgehead atoms. The van der Waals surface area contributed by atoms with Gasteiger partial charge in [-0.2, -0.15) is 0 Å². The molecule has 1 N–H and O–H groups in total. The van der Waals surface area contributed by atoms with Crippen LogP contribution in [-0.2, 0) is 6.61 Å².